The highest BCUT2D eigenvalue weighted by Gasteiger charge is 2.14. The molecule has 0 aliphatic carbocycles. The first-order chi connectivity index (χ1) is 7.99. The summed E-state index contributed by atoms with van der Waals surface area (Å²) in [5.74, 6) is 0. The van der Waals surface area contributed by atoms with Crippen molar-refractivity contribution in [3.05, 3.63) is 27.6 Å². The Labute approximate surface area is 119 Å². The van der Waals surface area contributed by atoms with Crippen molar-refractivity contribution in [1.82, 2.24) is 0 Å². The Bertz CT molecular complexity index is 519. The van der Waals surface area contributed by atoms with Crippen molar-refractivity contribution in [3.63, 3.8) is 0 Å². The largest absolute Gasteiger partial charge is 0.368 e. The monoisotopic (exact) mass is 306 g/mol. The molecular weight excluding hydrogens is 295 g/mol. The maximum absolute atomic E-state index is 6.20. The van der Waals surface area contributed by atoms with Gasteiger partial charge in [-0.25, -0.2) is 0 Å². The standard InChI is InChI=1S/C11H12Cl2N2S2/c1-14(2)11-8(13)5-10(17-11)15(3)9-4-7(12)6-16-9/h4-6H,1-3H3. The Morgan fingerprint density at radius 1 is 1.06 bits per heavy atom. The van der Waals surface area contributed by atoms with Crippen LogP contribution in [0.25, 0.3) is 0 Å². The SMILES string of the molecule is CN(C)c1sc(N(C)c2cc(Cl)cs2)cc1Cl. The first-order valence-electron chi connectivity index (χ1n) is 4.93. The zero-order valence-corrected chi connectivity index (χ0v) is 12.8. The van der Waals surface area contributed by atoms with E-state index in [0.29, 0.717) is 0 Å². The van der Waals surface area contributed by atoms with Gasteiger partial charge in [0.15, 0.2) is 0 Å². The second kappa shape index (κ2) is 5.06. The van der Waals surface area contributed by atoms with Crippen molar-refractivity contribution >= 4 is 60.9 Å². The molecule has 92 valence electrons. The van der Waals surface area contributed by atoms with E-state index in [1.807, 2.05) is 43.6 Å². The molecule has 0 radical (unpaired) electrons. The lowest BCUT2D eigenvalue weighted by Gasteiger charge is -2.14. The Hall–Kier alpha value is -0.420. The molecule has 0 amide bonds. The third kappa shape index (κ3) is 2.71. The number of hydrogen-bond donors (Lipinski definition) is 0. The summed E-state index contributed by atoms with van der Waals surface area (Å²) in [6.07, 6.45) is 0. The second-order valence-corrected chi connectivity index (χ2v) is 6.54. The molecule has 2 rings (SSSR count). The van der Waals surface area contributed by atoms with Crippen molar-refractivity contribution in [2.75, 3.05) is 30.9 Å². The van der Waals surface area contributed by atoms with Crippen LogP contribution in [0.3, 0.4) is 0 Å². The van der Waals surface area contributed by atoms with Gasteiger partial charge in [0.2, 0.25) is 0 Å². The zero-order valence-electron chi connectivity index (χ0n) is 9.70. The minimum atomic E-state index is 0.771. The Balaban J connectivity index is 2.31. The number of nitrogens with zero attached hydrogens (tertiary/aromatic N) is 2. The Morgan fingerprint density at radius 3 is 2.24 bits per heavy atom. The summed E-state index contributed by atoms with van der Waals surface area (Å²) in [6.45, 7) is 0. The van der Waals surface area contributed by atoms with Crippen LogP contribution in [0.4, 0.5) is 15.0 Å². The molecular formula is C11H12Cl2N2S2. The molecule has 0 unspecified atom stereocenters. The lowest BCUT2D eigenvalue weighted by molar-refractivity contribution is 1.16. The number of thiophene rings is 2. The molecule has 0 aliphatic heterocycles. The van der Waals surface area contributed by atoms with Gasteiger partial charge in [0.25, 0.3) is 0 Å². The molecule has 0 atom stereocenters. The quantitative estimate of drug-likeness (QED) is 0.791. The molecule has 0 bridgehead atoms. The lowest BCUT2D eigenvalue weighted by Crippen LogP contribution is -2.07. The molecule has 0 spiro atoms. The highest BCUT2D eigenvalue weighted by atomic mass is 35.5. The lowest BCUT2D eigenvalue weighted by atomic mass is 10.5. The molecule has 2 heterocycles. The van der Waals surface area contributed by atoms with E-state index < -0.39 is 0 Å². The Kier molecular flexibility index (Phi) is 3.88. The summed E-state index contributed by atoms with van der Waals surface area (Å²) in [5.41, 5.74) is 0. The average Bonchev–Trinajstić information content (AvgIpc) is 2.83. The zero-order chi connectivity index (χ0) is 12.6. The van der Waals surface area contributed by atoms with Crippen LogP contribution in [0, 0.1) is 0 Å². The first-order valence-corrected chi connectivity index (χ1v) is 7.38. The van der Waals surface area contributed by atoms with Gasteiger partial charge in [-0.05, 0) is 12.1 Å². The van der Waals surface area contributed by atoms with Crippen LogP contribution in [0.2, 0.25) is 10.0 Å². The molecule has 0 aliphatic rings. The summed E-state index contributed by atoms with van der Waals surface area (Å²) >= 11 is 15.4. The fraction of sp³-hybridized carbons (Fsp3) is 0.273. The van der Waals surface area contributed by atoms with E-state index in [-0.39, 0.29) is 0 Å². The molecule has 2 aromatic rings. The number of hydrogen-bond acceptors (Lipinski definition) is 4. The summed E-state index contributed by atoms with van der Waals surface area (Å²) in [6, 6.07) is 3.93. The summed E-state index contributed by atoms with van der Waals surface area (Å²) in [7, 11) is 6.00. The van der Waals surface area contributed by atoms with Crippen molar-refractivity contribution in [1.29, 1.82) is 0 Å². The summed E-state index contributed by atoms with van der Waals surface area (Å²) in [4.78, 5) is 4.12. The molecule has 17 heavy (non-hydrogen) atoms. The number of halogens is 2. The first kappa shape index (κ1) is 13.0. The predicted molar refractivity (Wildman–Crippen MR) is 81.0 cm³/mol. The van der Waals surface area contributed by atoms with Gasteiger partial charge in [0.05, 0.1) is 20.0 Å². The molecule has 0 N–H and O–H groups in total. The normalized spacial score (nSPS) is 10.6. The molecule has 2 nitrogen and oxygen atoms in total. The highest BCUT2D eigenvalue weighted by molar-refractivity contribution is 7.21. The van der Waals surface area contributed by atoms with Crippen molar-refractivity contribution in [2.45, 2.75) is 0 Å². The van der Waals surface area contributed by atoms with Gasteiger partial charge in [-0.2, -0.15) is 0 Å². The third-order valence-electron chi connectivity index (χ3n) is 2.28. The molecule has 0 saturated heterocycles. The predicted octanol–water partition coefficient (Wildman–Crippen LogP) is 4.95. The van der Waals surface area contributed by atoms with Crippen LogP contribution in [0.15, 0.2) is 17.5 Å². The van der Waals surface area contributed by atoms with Crippen LogP contribution >= 0.6 is 45.9 Å². The van der Waals surface area contributed by atoms with Crippen LogP contribution in [-0.4, -0.2) is 21.1 Å². The average molecular weight is 307 g/mol. The summed E-state index contributed by atoms with van der Waals surface area (Å²) < 4.78 is 0. The van der Waals surface area contributed by atoms with Crippen LogP contribution < -0.4 is 9.80 Å². The molecule has 2 aromatic heterocycles. The number of rotatable bonds is 3. The van der Waals surface area contributed by atoms with Gasteiger partial charge in [-0.3, -0.25) is 0 Å². The van der Waals surface area contributed by atoms with Crippen molar-refractivity contribution in [2.24, 2.45) is 0 Å². The molecule has 0 aromatic carbocycles. The van der Waals surface area contributed by atoms with Gasteiger partial charge in [-0.15, -0.1) is 11.3 Å². The fourth-order valence-corrected chi connectivity index (χ4v) is 3.92. The summed E-state index contributed by atoms with van der Waals surface area (Å²) in [5, 5.41) is 6.76. The third-order valence-corrected chi connectivity index (χ3v) is 5.41. The maximum atomic E-state index is 6.20. The minimum absolute atomic E-state index is 0.771. The van der Waals surface area contributed by atoms with Crippen LogP contribution in [0.5, 0.6) is 0 Å². The van der Waals surface area contributed by atoms with E-state index in [2.05, 4.69) is 4.90 Å². The second-order valence-electron chi connectivity index (χ2n) is 3.79. The van der Waals surface area contributed by atoms with E-state index in [9.17, 15) is 0 Å². The van der Waals surface area contributed by atoms with Gasteiger partial charge in [0, 0.05) is 26.5 Å². The van der Waals surface area contributed by atoms with Gasteiger partial charge in [-0.1, -0.05) is 34.5 Å². The smallest absolute Gasteiger partial charge is 0.111 e. The van der Waals surface area contributed by atoms with E-state index in [4.69, 9.17) is 23.2 Å². The van der Waals surface area contributed by atoms with Crippen LogP contribution in [0.1, 0.15) is 0 Å². The number of anilines is 3. The van der Waals surface area contributed by atoms with Crippen molar-refractivity contribution < 1.29 is 0 Å². The van der Waals surface area contributed by atoms with Crippen molar-refractivity contribution in [3.8, 4) is 0 Å². The molecule has 0 saturated carbocycles. The van der Waals surface area contributed by atoms with E-state index in [1.54, 1.807) is 22.7 Å². The van der Waals surface area contributed by atoms with E-state index in [1.165, 1.54) is 0 Å². The minimum Gasteiger partial charge on any atom is -0.368 e. The topological polar surface area (TPSA) is 6.48 Å². The maximum Gasteiger partial charge on any atom is 0.111 e. The van der Waals surface area contributed by atoms with Gasteiger partial charge >= 0.3 is 0 Å². The molecule has 6 heteroatoms. The van der Waals surface area contributed by atoms with Crippen LogP contribution in [-0.2, 0) is 0 Å². The van der Waals surface area contributed by atoms with E-state index >= 15 is 0 Å². The van der Waals surface area contributed by atoms with E-state index in [0.717, 1.165) is 25.0 Å². The molecule has 0 fully saturated rings. The fourth-order valence-electron chi connectivity index (χ4n) is 1.40. The van der Waals surface area contributed by atoms with Gasteiger partial charge < -0.3 is 9.80 Å². The van der Waals surface area contributed by atoms with Gasteiger partial charge in [0.1, 0.15) is 5.00 Å². The Morgan fingerprint density at radius 2 is 1.76 bits per heavy atom. The highest BCUT2D eigenvalue weighted by Crippen LogP contribution is 2.42.